The summed E-state index contributed by atoms with van der Waals surface area (Å²) < 4.78 is 12.7. The van der Waals surface area contributed by atoms with E-state index in [0.29, 0.717) is 28.7 Å². The highest BCUT2D eigenvalue weighted by Gasteiger charge is 2.12. The first-order valence-corrected chi connectivity index (χ1v) is 6.59. The molecule has 108 valence electrons. The van der Waals surface area contributed by atoms with Crippen LogP contribution in [0.15, 0.2) is 24.5 Å². The summed E-state index contributed by atoms with van der Waals surface area (Å²) in [5, 5.41) is 13.7. The van der Waals surface area contributed by atoms with E-state index >= 15 is 0 Å². The van der Waals surface area contributed by atoms with Gasteiger partial charge in [-0.05, 0) is 23.3 Å². The first-order chi connectivity index (χ1) is 9.63. The van der Waals surface area contributed by atoms with E-state index in [1.807, 2.05) is 13.2 Å². The number of aromatic nitrogens is 2. The maximum absolute atomic E-state index is 9.14. The predicted octanol–water partition coefficient (Wildman–Crippen LogP) is 2.20. The summed E-state index contributed by atoms with van der Waals surface area (Å²) in [6.07, 6.45) is 4.48. The molecule has 0 saturated heterocycles. The lowest BCUT2D eigenvalue weighted by atomic mass is 10.2. The second-order valence-corrected chi connectivity index (χ2v) is 4.80. The number of hydrogen-bond acceptors (Lipinski definition) is 4. The van der Waals surface area contributed by atoms with Gasteiger partial charge in [0.05, 0.1) is 31.5 Å². The van der Waals surface area contributed by atoms with Gasteiger partial charge < -0.3 is 14.6 Å². The minimum Gasteiger partial charge on any atom is -0.493 e. The quantitative estimate of drug-likeness (QED) is 0.888. The van der Waals surface area contributed by atoms with Crippen molar-refractivity contribution in [3.05, 3.63) is 40.7 Å². The second kappa shape index (κ2) is 6.63. The maximum Gasteiger partial charge on any atom is 0.179 e. The average molecular weight is 297 g/mol. The molecule has 0 aliphatic rings. The van der Waals surface area contributed by atoms with Crippen LogP contribution in [-0.4, -0.2) is 28.6 Å². The lowest BCUT2D eigenvalue weighted by molar-refractivity contribution is 0.277. The lowest BCUT2D eigenvalue weighted by Crippen LogP contribution is -2.03. The lowest BCUT2D eigenvalue weighted by Gasteiger charge is -2.13. The van der Waals surface area contributed by atoms with Gasteiger partial charge in [-0.15, -0.1) is 0 Å². The Morgan fingerprint density at radius 3 is 2.75 bits per heavy atom. The van der Waals surface area contributed by atoms with Crippen LogP contribution in [0.5, 0.6) is 11.5 Å². The van der Waals surface area contributed by atoms with Gasteiger partial charge in [0, 0.05) is 19.7 Å². The summed E-state index contributed by atoms with van der Waals surface area (Å²) >= 11 is 6.15. The summed E-state index contributed by atoms with van der Waals surface area (Å²) in [6.45, 7) is 0.381. The van der Waals surface area contributed by atoms with Crippen molar-refractivity contribution in [2.24, 2.45) is 7.05 Å². The Morgan fingerprint density at radius 2 is 2.15 bits per heavy atom. The largest absolute Gasteiger partial charge is 0.493 e. The number of aryl methyl sites for hydroxylation is 1. The van der Waals surface area contributed by atoms with Gasteiger partial charge in [0.15, 0.2) is 11.5 Å². The molecule has 6 heteroatoms. The van der Waals surface area contributed by atoms with Crippen LogP contribution < -0.4 is 9.47 Å². The molecule has 0 aliphatic carbocycles. The fourth-order valence-electron chi connectivity index (χ4n) is 1.88. The molecule has 1 aromatic carbocycles. The molecule has 0 amide bonds. The van der Waals surface area contributed by atoms with Gasteiger partial charge in [-0.2, -0.15) is 5.10 Å². The number of methoxy groups -OCH3 is 1. The zero-order chi connectivity index (χ0) is 14.5. The van der Waals surface area contributed by atoms with Crippen molar-refractivity contribution in [3.63, 3.8) is 0 Å². The summed E-state index contributed by atoms with van der Waals surface area (Å²) in [5.74, 6) is 1.02. The number of halogens is 1. The highest BCUT2D eigenvalue weighted by Crippen LogP contribution is 2.36. The standard InChI is InChI=1S/C14H17ClN2O3/c1-17-8-10(7-16-17)3-4-20-14-12(15)5-11(9-18)6-13(14)19-2/h5-8,18H,3-4,9H2,1-2H3. The third kappa shape index (κ3) is 3.43. The summed E-state index contributed by atoms with van der Waals surface area (Å²) in [4.78, 5) is 0. The van der Waals surface area contributed by atoms with Crippen LogP contribution in [0.25, 0.3) is 0 Å². The van der Waals surface area contributed by atoms with Crippen LogP contribution in [-0.2, 0) is 20.1 Å². The SMILES string of the molecule is COc1cc(CO)cc(Cl)c1OCCc1cnn(C)c1. The Hall–Kier alpha value is -1.72. The number of rotatable bonds is 6. The molecule has 2 aromatic rings. The topological polar surface area (TPSA) is 56.5 Å². The molecular weight excluding hydrogens is 280 g/mol. The third-order valence-electron chi connectivity index (χ3n) is 2.87. The zero-order valence-corrected chi connectivity index (χ0v) is 12.2. The van der Waals surface area contributed by atoms with Crippen LogP contribution >= 0.6 is 11.6 Å². The molecule has 0 unspecified atom stereocenters. The van der Waals surface area contributed by atoms with Crippen molar-refractivity contribution in [1.82, 2.24) is 9.78 Å². The van der Waals surface area contributed by atoms with E-state index in [0.717, 1.165) is 12.0 Å². The van der Waals surface area contributed by atoms with E-state index in [2.05, 4.69) is 5.10 Å². The molecule has 5 nitrogen and oxygen atoms in total. The van der Waals surface area contributed by atoms with Gasteiger partial charge in [-0.1, -0.05) is 11.6 Å². The minimum atomic E-state index is -0.0912. The van der Waals surface area contributed by atoms with E-state index < -0.39 is 0 Å². The van der Waals surface area contributed by atoms with Gasteiger partial charge in [-0.25, -0.2) is 0 Å². The van der Waals surface area contributed by atoms with Crippen molar-refractivity contribution in [2.45, 2.75) is 13.0 Å². The number of benzene rings is 1. The van der Waals surface area contributed by atoms with Gasteiger partial charge in [0.2, 0.25) is 0 Å². The Balaban J connectivity index is 2.05. The Morgan fingerprint density at radius 1 is 1.35 bits per heavy atom. The van der Waals surface area contributed by atoms with E-state index in [4.69, 9.17) is 26.2 Å². The molecule has 0 spiro atoms. The molecule has 0 radical (unpaired) electrons. The van der Waals surface area contributed by atoms with Gasteiger partial charge >= 0.3 is 0 Å². The summed E-state index contributed by atoms with van der Waals surface area (Å²) in [7, 11) is 3.42. The number of aliphatic hydroxyl groups is 1. The van der Waals surface area contributed by atoms with E-state index in [1.54, 1.807) is 30.1 Å². The fourth-order valence-corrected chi connectivity index (χ4v) is 2.16. The van der Waals surface area contributed by atoms with Crippen LogP contribution in [0.2, 0.25) is 5.02 Å². The van der Waals surface area contributed by atoms with E-state index in [-0.39, 0.29) is 6.61 Å². The fraction of sp³-hybridized carbons (Fsp3) is 0.357. The van der Waals surface area contributed by atoms with Gasteiger partial charge in [0.25, 0.3) is 0 Å². The Bertz CT molecular complexity index is 584. The minimum absolute atomic E-state index is 0.0912. The summed E-state index contributed by atoms with van der Waals surface area (Å²) in [5.41, 5.74) is 1.78. The maximum atomic E-state index is 9.14. The zero-order valence-electron chi connectivity index (χ0n) is 11.5. The van der Waals surface area contributed by atoms with Gasteiger partial charge in [0.1, 0.15) is 0 Å². The predicted molar refractivity (Wildman–Crippen MR) is 76.3 cm³/mol. The van der Waals surface area contributed by atoms with Crippen molar-refractivity contribution >= 4 is 11.6 Å². The molecule has 20 heavy (non-hydrogen) atoms. The van der Waals surface area contributed by atoms with Crippen molar-refractivity contribution < 1.29 is 14.6 Å². The van der Waals surface area contributed by atoms with Gasteiger partial charge in [-0.3, -0.25) is 4.68 Å². The molecule has 0 aliphatic heterocycles. The highest BCUT2D eigenvalue weighted by atomic mass is 35.5. The number of hydrogen-bond donors (Lipinski definition) is 1. The normalized spacial score (nSPS) is 10.6. The smallest absolute Gasteiger partial charge is 0.179 e. The average Bonchev–Trinajstić information content (AvgIpc) is 2.85. The van der Waals surface area contributed by atoms with Crippen LogP contribution in [0, 0.1) is 0 Å². The first kappa shape index (κ1) is 14.7. The third-order valence-corrected chi connectivity index (χ3v) is 3.15. The second-order valence-electron chi connectivity index (χ2n) is 4.39. The molecule has 0 saturated carbocycles. The molecule has 0 bridgehead atoms. The molecule has 0 fully saturated rings. The van der Waals surface area contributed by atoms with Crippen LogP contribution in [0.3, 0.4) is 0 Å². The van der Waals surface area contributed by atoms with Crippen molar-refractivity contribution in [2.75, 3.05) is 13.7 Å². The van der Waals surface area contributed by atoms with Crippen molar-refractivity contribution in [1.29, 1.82) is 0 Å². The molecule has 1 N–H and O–H groups in total. The van der Waals surface area contributed by atoms with Crippen LogP contribution in [0.4, 0.5) is 0 Å². The molecule has 1 heterocycles. The first-order valence-electron chi connectivity index (χ1n) is 6.21. The highest BCUT2D eigenvalue weighted by molar-refractivity contribution is 6.32. The Labute approximate surface area is 122 Å². The molecule has 1 aromatic heterocycles. The molecule has 0 atom stereocenters. The summed E-state index contributed by atoms with van der Waals surface area (Å²) in [6, 6.07) is 3.38. The van der Waals surface area contributed by atoms with E-state index in [9.17, 15) is 0 Å². The number of aliphatic hydroxyl groups excluding tert-OH is 1. The molecule has 2 rings (SSSR count). The monoisotopic (exact) mass is 296 g/mol. The van der Waals surface area contributed by atoms with E-state index in [1.165, 1.54) is 0 Å². The number of nitrogens with zero attached hydrogens (tertiary/aromatic N) is 2. The van der Waals surface area contributed by atoms with Crippen molar-refractivity contribution in [3.8, 4) is 11.5 Å². The van der Waals surface area contributed by atoms with Crippen LogP contribution in [0.1, 0.15) is 11.1 Å². The number of ether oxygens (including phenoxy) is 2. The Kier molecular flexibility index (Phi) is 4.87. The molecular formula is C14H17ClN2O3.